The maximum absolute atomic E-state index is 12.5. The lowest BCUT2D eigenvalue weighted by molar-refractivity contribution is -0.119. The lowest BCUT2D eigenvalue weighted by Gasteiger charge is -2.24. The van der Waals surface area contributed by atoms with Gasteiger partial charge in [-0.15, -0.1) is 0 Å². The largest absolute Gasteiger partial charge is 0.493 e. The first-order valence-electron chi connectivity index (χ1n) is 8.52. The summed E-state index contributed by atoms with van der Waals surface area (Å²) in [7, 11) is 1.61. The van der Waals surface area contributed by atoms with E-state index in [1.807, 2.05) is 24.3 Å². The molecule has 2 aliphatic rings. The summed E-state index contributed by atoms with van der Waals surface area (Å²) < 4.78 is 11.0. The van der Waals surface area contributed by atoms with E-state index in [2.05, 4.69) is 16.0 Å². The van der Waals surface area contributed by atoms with Gasteiger partial charge in [0.05, 0.1) is 25.8 Å². The second-order valence-corrected chi connectivity index (χ2v) is 6.57. The first-order chi connectivity index (χ1) is 12.2. The van der Waals surface area contributed by atoms with Gasteiger partial charge in [0.25, 0.3) is 0 Å². The van der Waals surface area contributed by atoms with Crippen LogP contribution in [0.5, 0.6) is 5.75 Å². The lowest BCUT2D eigenvalue weighted by atomic mass is 9.91. The van der Waals surface area contributed by atoms with Crippen molar-refractivity contribution in [3.8, 4) is 5.75 Å². The number of ketones is 1. The molecule has 3 heterocycles. The Morgan fingerprint density at radius 3 is 3.08 bits per heavy atom. The normalized spacial score (nSPS) is 18.0. The highest BCUT2D eigenvalue weighted by molar-refractivity contribution is 5.97. The van der Waals surface area contributed by atoms with Crippen molar-refractivity contribution in [1.82, 2.24) is 4.98 Å². The minimum atomic E-state index is 0.200. The minimum absolute atomic E-state index is 0.200. The van der Waals surface area contributed by atoms with Crippen LogP contribution in [-0.4, -0.2) is 30.4 Å². The zero-order valence-electron chi connectivity index (χ0n) is 14.2. The number of methoxy groups -OCH3 is 1. The summed E-state index contributed by atoms with van der Waals surface area (Å²) in [5.74, 6) is 2.00. The molecular formula is C20H20N2O3. The number of carbonyl (C=O) groups is 1. The zero-order valence-corrected chi connectivity index (χ0v) is 14.2. The highest BCUT2D eigenvalue weighted by Gasteiger charge is 2.23. The Hall–Kier alpha value is -2.69. The number of hydrogen-bond acceptors (Lipinski definition) is 5. The van der Waals surface area contributed by atoms with Crippen molar-refractivity contribution in [1.29, 1.82) is 0 Å². The van der Waals surface area contributed by atoms with Gasteiger partial charge in [0, 0.05) is 30.7 Å². The number of Topliss-reactive ketones (excluding diaryl/α,β-unsaturated/α-hetero) is 1. The number of pyridine rings is 1. The smallest absolute Gasteiger partial charge is 0.218 e. The Morgan fingerprint density at radius 1 is 1.32 bits per heavy atom. The molecule has 2 aliphatic heterocycles. The molecule has 1 aromatic carbocycles. The van der Waals surface area contributed by atoms with Gasteiger partial charge in [-0.25, -0.2) is 4.99 Å². The van der Waals surface area contributed by atoms with E-state index >= 15 is 0 Å². The van der Waals surface area contributed by atoms with E-state index in [9.17, 15) is 4.79 Å². The second-order valence-electron chi connectivity index (χ2n) is 6.57. The number of benzene rings is 1. The maximum Gasteiger partial charge on any atom is 0.218 e. The van der Waals surface area contributed by atoms with E-state index in [-0.39, 0.29) is 11.7 Å². The average Bonchev–Trinajstić information content (AvgIpc) is 3.04. The van der Waals surface area contributed by atoms with Crippen LogP contribution in [-0.2, 0) is 28.9 Å². The summed E-state index contributed by atoms with van der Waals surface area (Å²) in [4.78, 5) is 21.2. The summed E-state index contributed by atoms with van der Waals surface area (Å²) in [5, 5.41) is 0. The third-order valence-corrected chi connectivity index (χ3v) is 4.71. The highest BCUT2D eigenvalue weighted by atomic mass is 16.5. The van der Waals surface area contributed by atoms with Gasteiger partial charge in [-0.2, -0.15) is 0 Å². The number of aromatic nitrogens is 1. The number of aliphatic imine (C=N–C) groups is 1. The summed E-state index contributed by atoms with van der Waals surface area (Å²) in [6, 6.07) is 10.0. The molecule has 2 aromatic rings. The van der Waals surface area contributed by atoms with Gasteiger partial charge in [-0.3, -0.25) is 9.78 Å². The van der Waals surface area contributed by atoms with Gasteiger partial charge in [-0.1, -0.05) is 18.2 Å². The van der Waals surface area contributed by atoms with Crippen LogP contribution in [0, 0.1) is 5.92 Å². The Morgan fingerprint density at radius 2 is 2.20 bits per heavy atom. The molecule has 0 saturated heterocycles. The molecule has 128 valence electrons. The van der Waals surface area contributed by atoms with Crippen LogP contribution in [0.1, 0.15) is 28.8 Å². The SMILES string of the molecule is COC1=NCc2cc(CC(=O)CC3COc4ccccc4C3)ncc21. The van der Waals surface area contributed by atoms with Crippen molar-refractivity contribution in [3.63, 3.8) is 0 Å². The van der Waals surface area contributed by atoms with E-state index in [1.54, 1.807) is 13.3 Å². The van der Waals surface area contributed by atoms with E-state index in [0.717, 1.165) is 29.0 Å². The topological polar surface area (TPSA) is 60.8 Å². The van der Waals surface area contributed by atoms with Gasteiger partial charge < -0.3 is 9.47 Å². The maximum atomic E-state index is 12.5. The molecule has 0 fully saturated rings. The number of carbonyl (C=O) groups excluding carboxylic acids is 1. The Kier molecular flexibility index (Phi) is 4.22. The zero-order chi connectivity index (χ0) is 17.2. The van der Waals surface area contributed by atoms with Crippen LogP contribution in [0.25, 0.3) is 0 Å². The molecule has 0 N–H and O–H groups in total. The van der Waals surface area contributed by atoms with Gasteiger partial charge in [0.2, 0.25) is 5.90 Å². The number of nitrogens with zero attached hydrogens (tertiary/aromatic N) is 2. The molecule has 1 unspecified atom stereocenters. The number of ether oxygens (including phenoxy) is 2. The highest BCUT2D eigenvalue weighted by Crippen LogP contribution is 2.28. The molecule has 0 amide bonds. The Bertz CT molecular complexity index is 845. The van der Waals surface area contributed by atoms with Crippen molar-refractivity contribution < 1.29 is 14.3 Å². The molecule has 1 aromatic heterocycles. The monoisotopic (exact) mass is 336 g/mol. The number of hydrogen-bond donors (Lipinski definition) is 0. The Balaban J connectivity index is 1.37. The molecule has 0 bridgehead atoms. The summed E-state index contributed by atoms with van der Waals surface area (Å²) in [5.41, 5.74) is 3.99. The number of rotatable bonds is 4. The van der Waals surface area contributed by atoms with Crippen molar-refractivity contribution in [2.24, 2.45) is 10.9 Å². The first kappa shape index (κ1) is 15.8. The van der Waals surface area contributed by atoms with E-state index < -0.39 is 0 Å². The quantitative estimate of drug-likeness (QED) is 0.861. The van der Waals surface area contributed by atoms with Crippen LogP contribution in [0.2, 0.25) is 0 Å². The van der Waals surface area contributed by atoms with E-state index in [1.165, 1.54) is 5.56 Å². The predicted molar refractivity (Wildman–Crippen MR) is 93.9 cm³/mol. The van der Waals surface area contributed by atoms with E-state index in [4.69, 9.17) is 9.47 Å². The second kappa shape index (κ2) is 6.67. The van der Waals surface area contributed by atoms with Gasteiger partial charge in [0.15, 0.2) is 0 Å². The number of fused-ring (bicyclic) bond motifs is 2. The van der Waals surface area contributed by atoms with Gasteiger partial charge in [-0.05, 0) is 29.7 Å². The number of para-hydroxylation sites is 1. The van der Waals surface area contributed by atoms with Crippen molar-refractivity contribution in [2.45, 2.75) is 25.8 Å². The van der Waals surface area contributed by atoms with Crippen molar-refractivity contribution in [3.05, 3.63) is 58.9 Å². The molecule has 0 saturated carbocycles. The summed E-state index contributed by atoms with van der Waals surface area (Å²) in [6.07, 6.45) is 3.53. The lowest BCUT2D eigenvalue weighted by Crippen LogP contribution is -2.24. The summed E-state index contributed by atoms with van der Waals surface area (Å²) in [6.45, 7) is 1.20. The van der Waals surface area contributed by atoms with Crippen LogP contribution < -0.4 is 4.74 Å². The molecule has 5 nitrogen and oxygen atoms in total. The fourth-order valence-electron chi connectivity index (χ4n) is 3.50. The molecule has 4 rings (SSSR count). The fraction of sp³-hybridized carbons (Fsp3) is 0.350. The average molecular weight is 336 g/mol. The standard InChI is InChI=1S/C20H20N2O3/c1-24-20-18-11-21-16(8-15(18)10-22-20)9-17(23)7-13-6-14-4-2-3-5-19(14)25-12-13/h2-5,8,11,13H,6-7,9-10,12H2,1H3. The molecule has 5 heteroatoms. The third kappa shape index (κ3) is 3.27. The molecule has 0 spiro atoms. The van der Waals surface area contributed by atoms with Gasteiger partial charge >= 0.3 is 0 Å². The van der Waals surface area contributed by atoms with Crippen molar-refractivity contribution >= 4 is 11.7 Å². The first-order valence-corrected chi connectivity index (χ1v) is 8.52. The molecule has 1 atom stereocenters. The van der Waals surface area contributed by atoms with Crippen molar-refractivity contribution in [2.75, 3.05) is 13.7 Å². The van der Waals surface area contributed by atoms with Crippen LogP contribution in [0.15, 0.2) is 41.5 Å². The molecule has 25 heavy (non-hydrogen) atoms. The molecule has 0 radical (unpaired) electrons. The predicted octanol–water partition coefficient (Wildman–Crippen LogP) is 2.74. The van der Waals surface area contributed by atoms with Crippen LogP contribution in [0.4, 0.5) is 0 Å². The van der Waals surface area contributed by atoms with E-state index in [0.29, 0.717) is 31.9 Å². The third-order valence-electron chi connectivity index (χ3n) is 4.71. The Labute approximate surface area is 146 Å². The summed E-state index contributed by atoms with van der Waals surface area (Å²) >= 11 is 0. The minimum Gasteiger partial charge on any atom is -0.493 e. The fourth-order valence-corrected chi connectivity index (χ4v) is 3.50. The van der Waals surface area contributed by atoms with Gasteiger partial charge in [0.1, 0.15) is 11.5 Å². The van der Waals surface area contributed by atoms with Crippen LogP contribution >= 0.6 is 0 Å². The van der Waals surface area contributed by atoms with Crippen LogP contribution in [0.3, 0.4) is 0 Å². The molecule has 0 aliphatic carbocycles. The molecular weight excluding hydrogens is 316 g/mol.